The molecule has 0 spiro atoms. The van der Waals surface area contributed by atoms with E-state index >= 15 is 0 Å². The second-order valence-corrected chi connectivity index (χ2v) is 7.78. The SMILES string of the molecule is Cc1nc(CCC23CC4CC(CC(C4)C2)C3)c(N)n1N. The minimum atomic E-state index is 0.605. The van der Waals surface area contributed by atoms with E-state index in [4.69, 9.17) is 11.6 Å². The minimum Gasteiger partial charge on any atom is -0.382 e. The number of nitrogen functional groups attached to an aromatic ring is 2. The molecule has 0 aromatic carbocycles. The molecule has 1 heterocycles. The smallest absolute Gasteiger partial charge is 0.145 e. The molecule has 0 radical (unpaired) electrons. The fourth-order valence-corrected chi connectivity index (χ4v) is 5.78. The molecule has 4 nitrogen and oxygen atoms in total. The van der Waals surface area contributed by atoms with Gasteiger partial charge in [-0.2, -0.15) is 0 Å². The van der Waals surface area contributed by atoms with E-state index < -0.39 is 0 Å². The van der Waals surface area contributed by atoms with Crippen molar-refractivity contribution in [3.8, 4) is 0 Å². The lowest BCUT2D eigenvalue weighted by Crippen LogP contribution is -2.46. The molecule has 4 fully saturated rings. The predicted molar refractivity (Wildman–Crippen MR) is 80.5 cm³/mol. The maximum atomic E-state index is 6.06. The molecule has 4 aliphatic carbocycles. The molecule has 5 rings (SSSR count). The molecule has 20 heavy (non-hydrogen) atoms. The van der Waals surface area contributed by atoms with Crippen LogP contribution < -0.4 is 11.6 Å². The molecule has 0 aliphatic heterocycles. The van der Waals surface area contributed by atoms with Crippen molar-refractivity contribution in [2.45, 2.75) is 58.3 Å². The summed E-state index contributed by atoms with van der Waals surface area (Å²) in [6, 6.07) is 0. The first-order valence-corrected chi connectivity index (χ1v) is 8.13. The van der Waals surface area contributed by atoms with Crippen molar-refractivity contribution in [1.82, 2.24) is 9.66 Å². The highest BCUT2D eigenvalue weighted by Gasteiger charge is 2.50. The van der Waals surface area contributed by atoms with Gasteiger partial charge in [0.2, 0.25) is 0 Å². The highest BCUT2D eigenvalue weighted by atomic mass is 15.4. The Bertz CT molecular complexity index is 496. The van der Waals surface area contributed by atoms with Crippen molar-refractivity contribution >= 4 is 5.82 Å². The highest BCUT2D eigenvalue weighted by molar-refractivity contribution is 5.38. The summed E-state index contributed by atoms with van der Waals surface area (Å²) in [5.74, 6) is 10.4. The lowest BCUT2D eigenvalue weighted by atomic mass is 9.48. The number of hydrogen-bond donors (Lipinski definition) is 2. The molecule has 0 atom stereocenters. The fraction of sp³-hybridized carbons (Fsp3) is 0.812. The summed E-state index contributed by atoms with van der Waals surface area (Å²) in [4.78, 5) is 4.54. The van der Waals surface area contributed by atoms with Gasteiger partial charge in [0, 0.05) is 0 Å². The molecule has 4 heteroatoms. The molecule has 110 valence electrons. The lowest BCUT2D eigenvalue weighted by molar-refractivity contribution is -0.0570. The summed E-state index contributed by atoms with van der Waals surface area (Å²) in [7, 11) is 0. The second kappa shape index (κ2) is 4.15. The quantitative estimate of drug-likeness (QED) is 0.832. The average molecular weight is 274 g/mol. The molecule has 4 bridgehead atoms. The van der Waals surface area contributed by atoms with E-state index in [0.717, 1.165) is 35.7 Å². The maximum absolute atomic E-state index is 6.06. The average Bonchev–Trinajstić information content (AvgIpc) is 2.62. The zero-order valence-corrected chi connectivity index (χ0v) is 12.4. The van der Waals surface area contributed by atoms with Crippen LogP contribution in [-0.4, -0.2) is 9.66 Å². The Morgan fingerprint density at radius 3 is 2.15 bits per heavy atom. The van der Waals surface area contributed by atoms with E-state index in [2.05, 4.69) is 4.98 Å². The van der Waals surface area contributed by atoms with Gasteiger partial charge in [-0.15, -0.1) is 0 Å². The number of aryl methyl sites for hydroxylation is 2. The first-order valence-electron chi connectivity index (χ1n) is 8.13. The molecule has 0 saturated heterocycles. The molecule has 1 aromatic rings. The highest BCUT2D eigenvalue weighted by Crippen LogP contribution is 2.61. The summed E-state index contributed by atoms with van der Waals surface area (Å²) >= 11 is 0. The summed E-state index contributed by atoms with van der Waals surface area (Å²) in [6.45, 7) is 1.92. The Morgan fingerprint density at radius 1 is 1.15 bits per heavy atom. The molecule has 0 amide bonds. The second-order valence-electron chi connectivity index (χ2n) is 7.78. The first kappa shape index (κ1) is 12.5. The number of imidazole rings is 1. The summed E-state index contributed by atoms with van der Waals surface area (Å²) in [5.41, 5.74) is 7.68. The van der Waals surface area contributed by atoms with Gasteiger partial charge in [-0.3, -0.25) is 0 Å². The molecular weight excluding hydrogens is 248 g/mol. The zero-order chi connectivity index (χ0) is 13.9. The van der Waals surface area contributed by atoms with Crippen molar-refractivity contribution in [1.29, 1.82) is 0 Å². The van der Waals surface area contributed by atoms with Gasteiger partial charge in [-0.05, 0) is 81.5 Å². The van der Waals surface area contributed by atoms with Gasteiger partial charge < -0.3 is 11.6 Å². The zero-order valence-electron chi connectivity index (χ0n) is 12.4. The minimum absolute atomic E-state index is 0.605. The van der Waals surface area contributed by atoms with E-state index in [0.29, 0.717) is 11.2 Å². The molecule has 1 aromatic heterocycles. The van der Waals surface area contributed by atoms with Crippen molar-refractivity contribution in [3.05, 3.63) is 11.5 Å². The molecule has 4 aliphatic rings. The standard InChI is InChI=1S/C16H26N4/c1-10-19-14(15(17)20(10)18)2-3-16-7-11-4-12(8-16)6-13(5-11)9-16/h11-13H,2-9,17-18H2,1H3. The summed E-state index contributed by atoms with van der Waals surface area (Å²) in [6.07, 6.45) is 11.2. The largest absolute Gasteiger partial charge is 0.382 e. The monoisotopic (exact) mass is 274 g/mol. The van der Waals surface area contributed by atoms with Crippen LogP contribution in [0.15, 0.2) is 0 Å². The number of hydrogen-bond acceptors (Lipinski definition) is 3. The molecule has 0 unspecified atom stereocenters. The van der Waals surface area contributed by atoms with Crippen LogP contribution in [-0.2, 0) is 6.42 Å². The molecule has 4 N–H and O–H groups in total. The number of anilines is 1. The Kier molecular flexibility index (Phi) is 2.60. The van der Waals surface area contributed by atoms with Gasteiger partial charge in [0.05, 0.1) is 5.69 Å². The number of nitrogens with zero attached hydrogens (tertiary/aromatic N) is 2. The van der Waals surface area contributed by atoms with Crippen LogP contribution >= 0.6 is 0 Å². The van der Waals surface area contributed by atoms with Crippen molar-refractivity contribution in [2.75, 3.05) is 11.6 Å². The van der Waals surface area contributed by atoms with Gasteiger partial charge in [0.15, 0.2) is 0 Å². The maximum Gasteiger partial charge on any atom is 0.145 e. The van der Waals surface area contributed by atoms with Crippen LogP contribution in [0.3, 0.4) is 0 Å². The molecule has 4 saturated carbocycles. The van der Waals surface area contributed by atoms with Gasteiger partial charge in [0.25, 0.3) is 0 Å². The van der Waals surface area contributed by atoms with E-state index in [9.17, 15) is 0 Å². The van der Waals surface area contributed by atoms with Crippen LogP contribution in [0.25, 0.3) is 0 Å². The molecular formula is C16H26N4. The number of nitrogens with two attached hydrogens (primary N) is 2. The van der Waals surface area contributed by atoms with E-state index in [1.54, 1.807) is 0 Å². The Morgan fingerprint density at radius 2 is 1.70 bits per heavy atom. The van der Waals surface area contributed by atoms with Crippen molar-refractivity contribution < 1.29 is 0 Å². The van der Waals surface area contributed by atoms with Crippen LogP contribution in [0.4, 0.5) is 5.82 Å². The fourth-order valence-electron chi connectivity index (χ4n) is 5.78. The normalized spacial score (nSPS) is 38.5. The van der Waals surface area contributed by atoms with Crippen molar-refractivity contribution in [2.24, 2.45) is 23.2 Å². The number of rotatable bonds is 3. The van der Waals surface area contributed by atoms with Crippen LogP contribution in [0, 0.1) is 30.1 Å². The van der Waals surface area contributed by atoms with Crippen LogP contribution in [0.5, 0.6) is 0 Å². The topological polar surface area (TPSA) is 69.9 Å². The number of aromatic nitrogens is 2. The van der Waals surface area contributed by atoms with Gasteiger partial charge in [-0.25, -0.2) is 9.66 Å². The van der Waals surface area contributed by atoms with Gasteiger partial charge in [0.1, 0.15) is 11.6 Å². The van der Waals surface area contributed by atoms with E-state index in [-0.39, 0.29) is 0 Å². The van der Waals surface area contributed by atoms with Crippen LogP contribution in [0.2, 0.25) is 0 Å². The van der Waals surface area contributed by atoms with Crippen molar-refractivity contribution in [3.63, 3.8) is 0 Å². The Labute approximate surface area is 120 Å². The first-order chi connectivity index (χ1) is 9.55. The van der Waals surface area contributed by atoms with Crippen LogP contribution in [0.1, 0.15) is 56.5 Å². The summed E-state index contributed by atoms with van der Waals surface area (Å²) in [5, 5.41) is 0. The third-order valence-electron chi connectivity index (χ3n) is 6.26. The third-order valence-corrected chi connectivity index (χ3v) is 6.26. The predicted octanol–water partition coefficient (Wildman–Crippen LogP) is 2.64. The Balaban J connectivity index is 1.50. The van der Waals surface area contributed by atoms with Gasteiger partial charge in [-0.1, -0.05) is 0 Å². The van der Waals surface area contributed by atoms with Gasteiger partial charge >= 0.3 is 0 Å². The third kappa shape index (κ3) is 1.84. The lowest BCUT2D eigenvalue weighted by Gasteiger charge is -2.57. The van der Waals surface area contributed by atoms with E-state index in [1.807, 2.05) is 6.92 Å². The van der Waals surface area contributed by atoms with E-state index in [1.165, 1.54) is 49.6 Å². The Hall–Kier alpha value is -1.19. The summed E-state index contributed by atoms with van der Waals surface area (Å²) < 4.78 is 1.52.